The maximum absolute atomic E-state index is 12.8. The SMILES string of the molecule is C=CCCCN1CCC2(CC1)C[C@H](NC(=O)N1CCCC1)c1ccccc12.CC(C)(C)CCN1CCC2(CC1)C[C@H](NC(=O)C1CC1)c1ccccc12.CC(C)CCN1CCC2(CC1)C[C@H](NC(=O)C1CCCC1)c1ccccc12.CN(C)C(=O)N[C@H]1CC2(CCN(C(=O)OC(C)(C)C)CC2)c2ccccc21.[HH].[HH].[HH].[HH]. The molecule has 15 rings (SSSR count). The lowest BCUT2D eigenvalue weighted by Crippen LogP contribution is -2.46. The van der Waals surface area contributed by atoms with Crippen molar-refractivity contribution in [2.45, 2.75) is 261 Å². The van der Waals surface area contributed by atoms with Crippen molar-refractivity contribution in [3.63, 3.8) is 0 Å². The molecule has 4 aromatic carbocycles. The monoisotopic (exact) mass is 1470 g/mol. The summed E-state index contributed by atoms with van der Waals surface area (Å²) < 4.78 is 5.52. The fraction of sp³-hybridized carbons (Fsp3) is 0.659. The van der Waals surface area contributed by atoms with Crippen LogP contribution in [0.15, 0.2) is 110 Å². The number of piperidine rings is 4. The topological polar surface area (TPSA) is 162 Å². The van der Waals surface area contributed by atoms with E-state index in [9.17, 15) is 24.0 Å². The van der Waals surface area contributed by atoms with Gasteiger partial charge in [-0.25, -0.2) is 14.4 Å². The molecule has 4 spiro atoms. The van der Waals surface area contributed by atoms with Gasteiger partial charge in [0.05, 0.1) is 24.2 Å². The molecule has 0 unspecified atom stereocenters. The van der Waals surface area contributed by atoms with E-state index in [1.807, 2.05) is 42.7 Å². The molecule has 11 aliphatic rings. The molecule has 7 amide bonds. The van der Waals surface area contributed by atoms with Gasteiger partial charge in [0, 0.05) is 79.5 Å². The number of carbonyl (C=O) groups is 5. The second kappa shape index (κ2) is 34.7. The quantitative estimate of drug-likeness (QED) is 0.0670. The summed E-state index contributed by atoms with van der Waals surface area (Å²) in [5, 5.41) is 13.3. The first kappa shape index (κ1) is 79.8. The molecule has 5 aliphatic heterocycles. The molecular weight excluding hydrogens is 1330 g/mol. The molecule has 107 heavy (non-hydrogen) atoms. The van der Waals surface area contributed by atoms with Gasteiger partial charge in [-0.05, 0) is 277 Å². The maximum Gasteiger partial charge on any atom is 0.410 e. The fourth-order valence-corrected chi connectivity index (χ4v) is 20.0. The summed E-state index contributed by atoms with van der Waals surface area (Å²) in [4.78, 5) is 75.7. The Hall–Kier alpha value is -6.75. The fourth-order valence-electron chi connectivity index (χ4n) is 20.0. The average molecular weight is 1470 g/mol. The van der Waals surface area contributed by atoms with Crippen LogP contribution >= 0.6 is 0 Å². The van der Waals surface area contributed by atoms with Crippen molar-refractivity contribution in [1.29, 1.82) is 0 Å². The van der Waals surface area contributed by atoms with Crippen LogP contribution in [0.5, 0.6) is 0 Å². The summed E-state index contributed by atoms with van der Waals surface area (Å²) in [5.41, 5.74) is 11.9. The number of rotatable bonds is 15. The summed E-state index contributed by atoms with van der Waals surface area (Å²) >= 11 is 0. The highest BCUT2D eigenvalue weighted by molar-refractivity contribution is 5.82. The number of likely N-dealkylation sites (tertiary alicyclic amines) is 5. The number of amides is 7. The van der Waals surface area contributed by atoms with Crippen molar-refractivity contribution in [3.8, 4) is 0 Å². The molecular formula is C91H142N10O6. The van der Waals surface area contributed by atoms with Crippen molar-refractivity contribution in [1.82, 2.24) is 50.7 Å². The summed E-state index contributed by atoms with van der Waals surface area (Å²) in [7, 11) is 3.51. The third-order valence-electron chi connectivity index (χ3n) is 26.6. The van der Waals surface area contributed by atoms with Crippen molar-refractivity contribution in [3.05, 3.63) is 154 Å². The molecule has 7 fully saturated rings. The molecule has 5 saturated heterocycles. The molecule has 2 saturated carbocycles. The van der Waals surface area contributed by atoms with Crippen LogP contribution in [-0.2, 0) is 36.0 Å². The van der Waals surface area contributed by atoms with Crippen LogP contribution in [0.1, 0.15) is 284 Å². The zero-order valence-electron chi connectivity index (χ0n) is 67.4. The molecule has 0 radical (unpaired) electrons. The van der Waals surface area contributed by atoms with E-state index < -0.39 is 5.60 Å². The Morgan fingerprint density at radius 3 is 1.25 bits per heavy atom. The number of fused-ring (bicyclic) bond motifs is 8. The summed E-state index contributed by atoms with van der Waals surface area (Å²) in [6, 6.07) is 35.7. The summed E-state index contributed by atoms with van der Waals surface area (Å²) in [6.07, 6.45) is 28.9. The number of benzene rings is 4. The van der Waals surface area contributed by atoms with Gasteiger partial charge >= 0.3 is 18.2 Å². The van der Waals surface area contributed by atoms with Gasteiger partial charge in [-0.1, -0.05) is 151 Å². The van der Waals surface area contributed by atoms with Crippen LogP contribution in [0.3, 0.4) is 0 Å². The lowest BCUT2D eigenvalue weighted by molar-refractivity contribution is -0.125. The Labute approximate surface area is 649 Å². The molecule has 6 aliphatic carbocycles. The molecule has 16 heteroatoms. The van der Waals surface area contributed by atoms with Gasteiger partial charge in [0.15, 0.2) is 0 Å². The predicted octanol–water partition coefficient (Wildman–Crippen LogP) is 18.1. The number of unbranched alkanes of at least 4 members (excludes halogenated alkanes) is 1. The molecule has 0 bridgehead atoms. The lowest BCUT2D eigenvalue weighted by atomic mass is 9.73. The van der Waals surface area contributed by atoms with Crippen LogP contribution in [0.2, 0.25) is 0 Å². The number of hydrogen-bond donors (Lipinski definition) is 4. The van der Waals surface area contributed by atoms with Crippen molar-refractivity contribution >= 4 is 30.0 Å². The Bertz CT molecular complexity index is 3680. The molecule has 4 N–H and O–H groups in total. The van der Waals surface area contributed by atoms with Crippen molar-refractivity contribution in [2.24, 2.45) is 23.2 Å². The van der Waals surface area contributed by atoms with Gasteiger partial charge in [-0.3, -0.25) is 9.59 Å². The van der Waals surface area contributed by atoms with E-state index in [1.54, 1.807) is 19.0 Å². The van der Waals surface area contributed by atoms with E-state index in [4.69, 9.17) is 4.74 Å². The van der Waals surface area contributed by atoms with Crippen molar-refractivity contribution in [2.75, 3.05) is 99.2 Å². The third-order valence-corrected chi connectivity index (χ3v) is 26.6. The standard InChI is InChI=1S/C24H36N2O.C23H33N3O.C23H34N2O.C21H31N3O3.4H2/c1-18(2)11-14-26-15-12-24(13-16-26)17-22(20-9-5-6-10-21(20)24)25-23(27)19-7-3-4-8-19;1-2-3-6-13-25-16-11-23(12-17-25)18-21(19-9-4-5-10-20(19)23)24-22(27)26-14-7-8-15-26;1-22(2,3)10-13-25-14-11-23(12-15-25)16-20(24-21(26)17-8-9-17)18-6-4-5-7-19(18)23;1-20(2,3)27-19(26)24-12-10-21(11-13-24)14-17(22-18(25)23(4)5)15-8-6-7-9-16(15)21;;;;/h5-6,9-10,18-19,22H,3-4,7-8,11-17H2,1-2H3,(H,25,27);2,4-5,9-10,21H,1,3,6-8,11-18H2,(H,24,27);4-7,17,20H,8-16H2,1-3H3,(H,24,26);6-9,17H,10-14H2,1-5H3,(H,22,25);4*1H/t22-;21-;20-;17-;;;;/m0000..../s1. The Morgan fingerprint density at radius 1 is 0.495 bits per heavy atom. The number of urea groups is 2. The highest BCUT2D eigenvalue weighted by Crippen LogP contribution is 2.55. The van der Waals surface area contributed by atoms with Crippen LogP contribution in [-0.4, -0.2) is 164 Å². The second-order valence-corrected chi connectivity index (χ2v) is 37.2. The molecule has 4 aromatic rings. The molecule has 4 atom stereocenters. The first-order chi connectivity index (χ1) is 51.3. The third kappa shape index (κ3) is 19.5. The van der Waals surface area contributed by atoms with Gasteiger partial charge in [0.1, 0.15) is 5.60 Å². The van der Waals surface area contributed by atoms with Gasteiger partial charge < -0.3 is 55.4 Å². The Balaban J connectivity index is 0.000000184. The molecule has 0 aromatic heterocycles. The minimum absolute atomic E-state index is 0. The maximum atomic E-state index is 12.8. The number of ether oxygens (including phenoxy) is 1. The van der Waals surface area contributed by atoms with E-state index in [-0.39, 0.29) is 87.4 Å². The Morgan fingerprint density at radius 2 is 0.869 bits per heavy atom. The zero-order chi connectivity index (χ0) is 75.7. The number of nitrogens with zero attached hydrogens (tertiary/aromatic N) is 6. The number of hydrogen-bond acceptors (Lipinski definition) is 9. The second-order valence-electron chi connectivity index (χ2n) is 37.2. The minimum Gasteiger partial charge on any atom is -0.444 e. The lowest BCUT2D eigenvalue weighted by Gasteiger charge is -2.41. The first-order valence-electron chi connectivity index (χ1n) is 42.0. The van der Waals surface area contributed by atoms with Gasteiger partial charge in [-0.2, -0.15) is 0 Å². The van der Waals surface area contributed by atoms with E-state index in [0.29, 0.717) is 24.4 Å². The molecule has 5 heterocycles. The molecule has 16 nitrogen and oxygen atoms in total. The first-order valence-corrected chi connectivity index (χ1v) is 42.0. The Kier molecular flexibility index (Phi) is 25.8. The smallest absolute Gasteiger partial charge is 0.410 e. The highest BCUT2D eigenvalue weighted by atomic mass is 16.6. The predicted molar refractivity (Wildman–Crippen MR) is 440 cm³/mol. The average Bonchev–Trinajstić information content (AvgIpc) is 1.62. The number of carbonyl (C=O) groups excluding carboxylic acids is 5. The molecule has 592 valence electrons. The van der Waals surface area contributed by atoms with E-state index in [2.05, 4.69) is 168 Å². The van der Waals surface area contributed by atoms with Gasteiger partial charge in [0.25, 0.3) is 0 Å². The van der Waals surface area contributed by atoms with E-state index >= 15 is 0 Å². The van der Waals surface area contributed by atoms with Gasteiger partial charge in [0.2, 0.25) is 11.8 Å². The summed E-state index contributed by atoms with van der Waals surface area (Å²) in [5.74, 6) is 1.91. The van der Waals surface area contributed by atoms with Crippen LogP contribution < -0.4 is 21.3 Å². The van der Waals surface area contributed by atoms with Crippen LogP contribution in [0.4, 0.5) is 14.4 Å². The van der Waals surface area contributed by atoms with E-state index in [1.165, 1.54) is 161 Å². The van der Waals surface area contributed by atoms with Crippen LogP contribution in [0.25, 0.3) is 0 Å². The largest absolute Gasteiger partial charge is 0.444 e. The normalized spacial score (nSPS) is 23.9. The van der Waals surface area contributed by atoms with Gasteiger partial charge in [-0.15, -0.1) is 6.58 Å². The minimum atomic E-state index is -0.478. The summed E-state index contributed by atoms with van der Waals surface area (Å²) in [6.45, 7) is 35.0. The highest BCUT2D eigenvalue weighted by Gasteiger charge is 2.51. The van der Waals surface area contributed by atoms with Crippen LogP contribution in [0, 0.1) is 23.2 Å². The number of allylic oxidation sites excluding steroid dienone is 1. The van der Waals surface area contributed by atoms with E-state index in [0.717, 1.165) is 116 Å². The number of nitrogens with one attached hydrogen (secondary N) is 4. The van der Waals surface area contributed by atoms with Crippen molar-refractivity contribution < 1.29 is 34.4 Å². The zero-order valence-corrected chi connectivity index (χ0v) is 67.4.